The van der Waals surface area contributed by atoms with Gasteiger partial charge in [-0.15, -0.1) is 0 Å². The summed E-state index contributed by atoms with van der Waals surface area (Å²) in [6, 6.07) is -0.775. The van der Waals surface area contributed by atoms with Crippen LogP contribution < -0.4 is 11.1 Å². The number of unbranched alkanes of at least 4 members (excludes halogenated alkanes) is 22. The smallest absolute Gasteiger partial charge is 0.391 e. The highest BCUT2D eigenvalue weighted by Gasteiger charge is 2.27. The first kappa shape index (κ1) is 48.0. The number of carbonyl (C=O) groups is 1. The van der Waals surface area contributed by atoms with Crippen molar-refractivity contribution in [1.29, 1.82) is 0 Å². The molecule has 5 N–H and O–H groups in total. The van der Waals surface area contributed by atoms with Crippen LogP contribution in [0.1, 0.15) is 194 Å². The molecule has 0 aliphatic carbocycles. The van der Waals surface area contributed by atoms with Crippen molar-refractivity contribution in [1.82, 2.24) is 5.32 Å². The predicted molar refractivity (Wildman–Crippen MR) is 208 cm³/mol. The molecule has 0 heterocycles. The van der Waals surface area contributed by atoms with E-state index in [0.717, 1.165) is 51.4 Å². The van der Waals surface area contributed by atoms with Gasteiger partial charge in [-0.05, 0) is 44.9 Å². The molecule has 0 bridgehead atoms. The van der Waals surface area contributed by atoms with Gasteiger partial charge in [-0.2, -0.15) is 0 Å². The third-order valence-electron chi connectivity index (χ3n) is 9.06. The van der Waals surface area contributed by atoms with Crippen molar-refractivity contribution in [2.45, 2.75) is 206 Å². The number of allylic oxidation sites excluding steroid dienone is 4. The Morgan fingerprint density at radius 3 is 1.65 bits per heavy atom. The molecule has 0 rings (SSSR count). The minimum atomic E-state index is -4.31. The molecule has 0 radical (unpaired) electrons. The third-order valence-corrected chi connectivity index (χ3v) is 10.0. The maximum absolute atomic E-state index is 12.7. The SMILES string of the molecule is CCCCC/C=C\C/C=C\CCCCCCCCCC(=O)NC(COP(=O)(O)OCCN)C(O)CCCCCCCCCCCCCCC. The lowest BCUT2D eigenvalue weighted by Crippen LogP contribution is -2.46. The van der Waals surface area contributed by atoms with Crippen LogP contribution >= 0.6 is 7.82 Å². The average Bonchev–Trinajstić information content (AvgIpc) is 3.09. The Kier molecular flexibility index (Phi) is 36.0. The second-order valence-corrected chi connectivity index (χ2v) is 15.3. The molecular weight excluding hydrogens is 635 g/mol. The average molecular weight is 715 g/mol. The van der Waals surface area contributed by atoms with Crippen molar-refractivity contribution in [3.05, 3.63) is 24.3 Å². The van der Waals surface area contributed by atoms with E-state index < -0.39 is 20.0 Å². The minimum absolute atomic E-state index is 0.0878. The van der Waals surface area contributed by atoms with E-state index in [0.29, 0.717) is 12.8 Å². The highest BCUT2D eigenvalue weighted by Crippen LogP contribution is 2.43. The first-order valence-electron chi connectivity index (χ1n) is 20.5. The van der Waals surface area contributed by atoms with Gasteiger partial charge in [-0.1, -0.05) is 167 Å². The molecule has 8 nitrogen and oxygen atoms in total. The van der Waals surface area contributed by atoms with Crippen LogP contribution in [0.25, 0.3) is 0 Å². The van der Waals surface area contributed by atoms with Crippen LogP contribution in [0, 0.1) is 0 Å². The number of carbonyl (C=O) groups excluding carboxylic acids is 1. The van der Waals surface area contributed by atoms with Gasteiger partial charge in [0.2, 0.25) is 5.91 Å². The largest absolute Gasteiger partial charge is 0.472 e. The maximum Gasteiger partial charge on any atom is 0.472 e. The summed E-state index contributed by atoms with van der Waals surface area (Å²) in [4.78, 5) is 22.7. The van der Waals surface area contributed by atoms with Crippen molar-refractivity contribution in [2.75, 3.05) is 19.8 Å². The molecule has 0 saturated heterocycles. The van der Waals surface area contributed by atoms with Crippen molar-refractivity contribution in [3.8, 4) is 0 Å². The fraction of sp³-hybridized carbons (Fsp3) is 0.875. The number of nitrogens with one attached hydrogen (secondary N) is 1. The van der Waals surface area contributed by atoms with E-state index in [1.54, 1.807) is 0 Å². The molecule has 49 heavy (non-hydrogen) atoms. The molecule has 290 valence electrons. The highest BCUT2D eigenvalue weighted by molar-refractivity contribution is 7.47. The van der Waals surface area contributed by atoms with Crippen LogP contribution in [0.3, 0.4) is 0 Å². The zero-order chi connectivity index (χ0) is 36.1. The molecule has 1 amide bonds. The number of amides is 1. The molecule has 0 aromatic carbocycles. The Hall–Kier alpha value is -1.02. The van der Waals surface area contributed by atoms with Gasteiger partial charge in [-0.3, -0.25) is 13.8 Å². The van der Waals surface area contributed by atoms with E-state index in [2.05, 4.69) is 43.5 Å². The maximum atomic E-state index is 12.7. The molecule has 0 saturated carbocycles. The molecule has 0 fully saturated rings. The standard InChI is InChI=1S/C40H79N2O6P/c1-3-5-7-9-11-13-15-17-18-19-20-22-24-26-28-30-32-34-40(44)42-38(37-48-49(45,46)47-36-35-41)39(43)33-31-29-27-25-23-21-16-14-12-10-8-6-4-2/h11,13,17-18,38-39,43H,3-10,12,14-16,19-37,41H2,1-2H3,(H,42,44)(H,45,46)/b13-11-,18-17-. The summed E-state index contributed by atoms with van der Waals surface area (Å²) >= 11 is 0. The highest BCUT2D eigenvalue weighted by atomic mass is 31.2. The van der Waals surface area contributed by atoms with Crippen molar-refractivity contribution in [3.63, 3.8) is 0 Å². The zero-order valence-electron chi connectivity index (χ0n) is 31.9. The lowest BCUT2D eigenvalue weighted by Gasteiger charge is -2.25. The summed E-state index contributed by atoms with van der Waals surface area (Å²) in [6.45, 7) is 4.17. The Labute approximate surface area is 302 Å². The zero-order valence-corrected chi connectivity index (χ0v) is 32.8. The molecule has 0 aliphatic rings. The topological polar surface area (TPSA) is 131 Å². The second-order valence-electron chi connectivity index (χ2n) is 13.8. The van der Waals surface area contributed by atoms with Crippen LogP contribution in [0.5, 0.6) is 0 Å². The molecule has 0 aromatic rings. The van der Waals surface area contributed by atoms with Crippen LogP contribution in [-0.2, 0) is 18.4 Å². The van der Waals surface area contributed by atoms with Crippen LogP contribution in [0.15, 0.2) is 24.3 Å². The predicted octanol–water partition coefficient (Wildman–Crippen LogP) is 11.0. The summed E-state index contributed by atoms with van der Waals surface area (Å²) in [5.41, 5.74) is 5.37. The first-order chi connectivity index (χ1) is 23.9. The molecule has 3 unspecified atom stereocenters. The van der Waals surface area contributed by atoms with Gasteiger partial charge in [0.25, 0.3) is 0 Å². The van der Waals surface area contributed by atoms with Crippen molar-refractivity contribution < 1.29 is 28.4 Å². The second kappa shape index (κ2) is 36.8. The lowest BCUT2D eigenvalue weighted by atomic mass is 10.0. The minimum Gasteiger partial charge on any atom is -0.391 e. The fourth-order valence-corrected chi connectivity index (χ4v) is 6.69. The van der Waals surface area contributed by atoms with Gasteiger partial charge in [0, 0.05) is 13.0 Å². The van der Waals surface area contributed by atoms with E-state index in [9.17, 15) is 19.4 Å². The number of aliphatic hydroxyl groups is 1. The molecule has 9 heteroatoms. The van der Waals surface area contributed by atoms with Gasteiger partial charge in [-0.25, -0.2) is 4.57 Å². The van der Waals surface area contributed by atoms with Gasteiger partial charge >= 0.3 is 7.82 Å². The summed E-state index contributed by atoms with van der Waals surface area (Å²) in [5.74, 6) is -0.170. The first-order valence-corrected chi connectivity index (χ1v) is 21.9. The van der Waals surface area contributed by atoms with Gasteiger partial charge in [0.15, 0.2) is 0 Å². The quantitative estimate of drug-likeness (QED) is 0.0284. The number of aliphatic hydroxyl groups excluding tert-OH is 1. The van der Waals surface area contributed by atoms with Crippen LogP contribution in [0.2, 0.25) is 0 Å². The number of nitrogens with two attached hydrogens (primary N) is 1. The number of hydrogen-bond donors (Lipinski definition) is 4. The fourth-order valence-electron chi connectivity index (χ4n) is 5.93. The van der Waals surface area contributed by atoms with Crippen LogP contribution in [0.4, 0.5) is 0 Å². The number of phosphoric acid groups is 1. The normalized spacial score (nSPS) is 14.5. The molecular formula is C40H79N2O6P. The Morgan fingerprint density at radius 1 is 0.673 bits per heavy atom. The van der Waals surface area contributed by atoms with E-state index in [1.807, 2.05) is 0 Å². The Bertz CT molecular complexity index is 825. The number of hydrogen-bond acceptors (Lipinski definition) is 6. The molecule has 0 aliphatic heterocycles. The lowest BCUT2D eigenvalue weighted by molar-refractivity contribution is -0.123. The summed E-state index contributed by atoms with van der Waals surface area (Å²) in [7, 11) is -4.31. The molecule has 0 aromatic heterocycles. The Balaban J connectivity index is 4.20. The van der Waals surface area contributed by atoms with Crippen LogP contribution in [-0.4, -0.2) is 47.8 Å². The molecule has 0 spiro atoms. The van der Waals surface area contributed by atoms with Gasteiger partial charge < -0.3 is 21.1 Å². The molecule has 3 atom stereocenters. The van der Waals surface area contributed by atoms with Crippen molar-refractivity contribution >= 4 is 13.7 Å². The van der Waals surface area contributed by atoms with E-state index in [4.69, 9.17) is 14.8 Å². The van der Waals surface area contributed by atoms with Crippen molar-refractivity contribution in [2.24, 2.45) is 5.73 Å². The van der Waals surface area contributed by atoms with E-state index in [1.165, 1.54) is 116 Å². The van der Waals surface area contributed by atoms with Gasteiger partial charge in [0.1, 0.15) is 0 Å². The third kappa shape index (κ3) is 35.2. The van der Waals surface area contributed by atoms with E-state index >= 15 is 0 Å². The summed E-state index contributed by atoms with van der Waals surface area (Å²) < 4.78 is 22.1. The summed E-state index contributed by atoms with van der Waals surface area (Å²) in [5, 5.41) is 13.8. The number of rotatable bonds is 38. The Morgan fingerprint density at radius 2 is 1.12 bits per heavy atom. The van der Waals surface area contributed by atoms with Gasteiger partial charge in [0.05, 0.1) is 25.4 Å². The monoisotopic (exact) mass is 715 g/mol. The van der Waals surface area contributed by atoms with E-state index in [-0.39, 0.29) is 25.7 Å². The number of phosphoric ester groups is 1. The summed E-state index contributed by atoms with van der Waals surface area (Å²) in [6.07, 6.45) is 40.3.